The van der Waals surface area contributed by atoms with E-state index in [-0.39, 0.29) is 0 Å². The Bertz CT molecular complexity index is 3470. The first kappa shape index (κ1) is 33.7. The molecule has 6 heteroatoms. The minimum Gasteiger partial charge on any atom is -0.455 e. The number of fused-ring (bicyclic) bond motifs is 11. The van der Waals surface area contributed by atoms with E-state index in [0.717, 1.165) is 123 Å². The van der Waals surface area contributed by atoms with Gasteiger partial charge in [-0.1, -0.05) is 109 Å². The van der Waals surface area contributed by atoms with Gasteiger partial charge in [-0.15, -0.1) is 0 Å². The van der Waals surface area contributed by atoms with E-state index in [4.69, 9.17) is 13.9 Å². The third-order valence-electron chi connectivity index (χ3n) is 12.4. The number of anilines is 6. The van der Waals surface area contributed by atoms with Crippen molar-refractivity contribution in [3.05, 3.63) is 194 Å². The van der Waals surface area contributed by atoms with Crippen molar-refractivity contribution in [2.75, 3.05) is 9.80 Å². The summed E-state index contributed by atoms with van der Waals surface area (Å²) in [4.78, 5) is 4.56. The van der Waals surface area contributed by atoms with Crippen molar-refractivity contribution in [2.45, 2.75) is 0 Å². The molecule has 0 spiro atoms. The molecule has 288 valence electrons. The molecule has 0 N–H and O–H groups in total. The van der Waals surface area contributed by atoms with Gasteiger partial charge >= 0.3 is 0 Å². The first-order valence-corrected chi connectivity index (χ1v) is 20.6. The van der Waals surface area contributed by atoms with Crippen LogP contribution in [-0.2, 0) is 7.05 Å². The lowest BCUT2D eigenvalue weighted by atomic mass is 9.97. The lowest BCUT2D eigenvalue weighted by Gasteiger charge is -2.32. The molecule has 2 aliphatic rings. The van der Waals surface area contributed by atoms with Crippen LogP contribution in [0.15, 0.2) is 199 Å². The van der Waals surface area contributed by atoms with Crippen LogP contribution < -0.4 is 19.3 Å². The van der Waals surface area contributed by atoms with E-state index in [9.17, 15) is 0 Å². The summed E-state index contributed by atoms with van der Waals surface area (Å²) in [6.07, 6.45) is 0. The Morgan fingerprint density at radius 3 is 1.38 bits per heavy atom. The van der Waals surface area contributed by atoms with Crippen molar-refractivity contribution in [2.24, 2.45) is 7.05 Å². The van der Waals surface area contributed by atoms with E-state index >= 15 is 0 Å². The number of aryl methyl sites for hydroxylation is 1. The molecule has 0 aliphatic carbocycles. The molecule has 0 unspecified atom stereocenters. The Morgan fingerprint density at radius 2 is 0.836 bits per heavy atom. The summed E-state index contributed by atoms with van der Waals surface area (Å²) in [6.45, 7) is 0. The van der Waals surface area contributed by atoms with Crippen LogP contribution in [0.25, 0.3) is 66.0 Å². The molecular weight excluding hydrogens is 751 g/mol. The minimum atomic E-state index is 0.835. The summed E-state index contributed by atoms with van der Waals surface area (Å²) in [5, 5.41) is 4.47. The van der Waals surface area contributed by atoms with Crippen LogP contribution in [-0.4, -0.2) is 4.57 Å². The number of para-hydroxylation sites is 10. The fourth-order valence-corrected chi connectivity index (χ4v) is 9.66. The van der Waals surface area contributed by atoms with Crippen LogP contribution in [0.4, 0.5) is 34.1 Å². The van der Waals surface area contributed by atoms with Gasteiger partial charge in [0.1, 0.15) is 11.2 Å². The van der Waals surface area contributed by atoms with Crippen LogP contribution in [0.2, 0.25) is 0 Å². The van der Waals surface area contributed by atoms with Crippen LogP contribution in [0.3, 0.4) is 0 Å². The molecule has 6 nitrogen and oxygen atoms in total. The van der Waals surface area contributed by atoms with Crippen LogP contribution in [0, 0.1) is 0 Å². The molecule has 0 atom stereocenters. The smallest absolute Gasteiger partial charge is 0.151 e. The second-order valence-electron chi connectivity index (χ2n) is 15.7. The van der Waals surface area contributed by atoms with Crippen LogP contribution in [0.1, 0.15) is 0 Å². The number of aromatic nitrogens is 1. The number of ether oxygens (including phenoxy) is 2. The molecule has 0 saturated carbocycles. The topological polar surface area (TPSA) is 43.0 Å². The third-order valence-corrected chi connectivity index (χ3v) is 12.4. The zero-order valence-electron chi connectivity index (χ0n) is 33.0. The first-order valence-electron chi connectivity index (χ1n) is 20.6. The van der Waals surface area contributed by atoms with Crippen LogP contribution in [0.5, 0.6) is 23.0 Å². The van der Waals surface area contributed by atoms with Crippen LogP contribution >= 0.6 is 0 Å². The van der Waals surface area contributed by atoms with Crippen molar-refractivity contribution < 1.29 is 13.9 Å². The molecule has 9 aromatic carbocycles. The van der Waals surface area contributed by atoms with Gasteiger partial charge in [0, 0.05) is 45.7 Å². The SMILES string of the molecule is Cn1c2c(-c3ccc(N4c5ccccc5Oc5ccccc54)cc3)cccc2c2c3oc4ccccc4c3cc(-c3ccc(N4c5ccccc5Oc5ccccc54)cc3)c21. The van der Waals surface area contributed by atoms with Gasteiger partial charge < -0.3 is 28.3 Å². The first-order chi connectivity index (χ1) is 30.2. The van der Waals surface area contributed by atoms with Gasteiger partial charge in [0.25, 0.3) is 0 Å². The zero-order valence-corrected chi connectivity index (χ0v) is 33.0. The monoisotopic (exact) mass is 785 g/mol. The highest BCUT2D eigenvalue weighted by atomic mass is 16.5. The number of hydrogen-bond donors (Lipinski definition) is 0. The largest absolute Gasteiger partial charge is 0.455 e. The molecule has 2 aromatic heterocycles. The number of rotatable bonds is 4. The Hall–Kier alpha value is -8.22. The van der Waals surface area contributed by atoms with Crippen molar-refractivity contribution in [3.8, 4) is 45.3 Å². The summed E-state index contributed by atoms with van der Waals surface area (Å²) in [7, 11) is 2.19. The molecule has 0 radical (unpaired) electrons. The second-order valence-corrected chi connectivity index (χ2v) is 15.7. The predicted molar refractivity (Wildman–Crippen MR) is 248 cm³/mol. The predicted octanol–water partition coefficient (Wildman–Crippen LogP) is 15.7. The van der Waals surface area contributed by atoms with E-state index < -0.39 is 0 Å². The standard InChI is InChI=1S/C55H35N3O3/c1-56-53-38(34-25-29-36(30-26-34)57-43-16-3-8-21-48(43)59-49-22-9-4-17-44(49)57)14-12-15-40(53)52-54(56)41(33-42-39-13-2-7-20-47(39)61-55(42)52)35-27-31-37(32-28-35)58-45-18-5-10-23-50(45)60-51-24-11-6-19-46(51)58/h2-33H,1H3. The van der Waals surface area contributed by atoms with E-state index in [2.05, 4.69) is 161 Å². The Balaban J connectivity index is 0.981. The van der Waals surface area contributed by atoms with E-state index in [1.165, 1.54) is 0 Å². The number of furan rings is 1. The van der Waals surface area contributed by atoms with Gasteiger partial charge in [-0.2, -0.15) is 0 Å². The average molecular weight is 786 g/mol. The van der Waals surface area contributed by atoms with E-state index in [1.54, 1.807) is 0 Å². The molecular formula is C55H35N3O3. The molecule has 0 fully saturated rings. The van der Waals surface area contributed by atoms with Gasteiger partial charge in [-0.3, -0.25) is 0 Å². The summed E-state index contributed by atoms with van der Waals surface area (Å²) in [6, 6.07) is 68.0. The molecule has 13 rings (SSSR count). The molecule has 4 heterocycles. The molecule has 0 amide bonds. The second kappa shape index (κ2) is 12.9. The van der Waals surface area contributed by atoms with Gasteiger partial charge in [-0.25, -0.2) is 0 Å². The summed E-state index contributed by atoms with van der Waals surface area (Å²) in [5.41, 5.74) is 14.8. The normalized spacial score (nSPS) is 12.9. The van der Waals surface area contributed by atoms with Gasteiger partial charge in [0.15, 0.2) is 23.0 Å². The van der Waals surface area contributed by atoms with Gasteiger partial charge in [-0.05, 0) is 96.1 Å². The maximum atomic E-state index is 6.78. The number of benzene rings is 9. The third kappa shape index (κ3) is 4.96. The maximum absolute atomic E-state index is 6.78. The highest BCUT2D eigenvalue weighted by molar-refractivity contribution is 6.28. The summed E-state index contributed by atoms with van der Waals surface area (Å²) >= 11 is 0. The Morgan fingerprint density at radius 1 is 0.377 bits per heavy atom. The van der Waals surface area contributed by atoms with Crippen molar-refractivity contribution in [1.29, 1.82) is 0 Å². The molecule has 11 aromatic rings. The Kier molecular flexibility index (Phi) is 7.13. The van der Waals surface area contributed by atoms with E-state index in [1.807, 2.05) is 54.6 Å². The Labute approximate surface area is 351 Å². The summed E-state index contributed by atoms with van der Waals surface area (Å²) < 4.78 is 21.8. The summed E-state index contributed by atoms with van der Waals surface area (Å²) in [5.74, 6) is 3.35. The fraction of sp³-hybridized carbons (Fsp3) is 0.0182. The maximum Gasteiger partial charge on any atom is 0.151 e. The minimum absolute atomic E-state index is 0.835. The highest BCUT2D eigenvalue weighted by Crippen LogP contribution is 2.53. The molecule has 0 saturated heterocycles. The average Bonchev–Trinajstić information content (AvgIpc) is 3.84. The van der Waals surface area contributed by atoms with E-state index in [0.29, 0.717) is 0 Å². The van der Waals surface area contributed by atoms with Crippen molar-refractivity contribution >= 4 is 77.9 Å². The fourth-order valence-electron chi connectivity index (χ4n) is 9.66. The lowest BCUT2D eigenvalue weighted by Crippen LogP contribution is -2.15. The quantitative estimate of drug-likeness (QED) is 0.178. The van der Waals surface area contributed by atoms with Crippen molar-refractivity contribution in [3.63, 3.8) is 0 Å². The van der Waals surface area contributed by atoms with Gasteiger partial charge in [0.2, 0.25) is 0 Å². The molecule has 0 bridgehead atoms. The molecule has 2 aliphatic heterocycles. The van der Waals surface area contributed by atoms with Gasteiger partial charge in [0.05, 0.1) is 39.2 Å². The highest BCUT2D eigenvalue weighted by Gasteiger charge is 2.28. The molecule has 61 heavy (non-hydrogen) atoms. The number of nitrogens with zero attached hydrogens (tertiary/aromatic N) is 3. The lowest BCUT2D eigenvalue weighted by molar-refractivity contribution is 0.477. The number of hydrogen-bond acceptors (Lipinski definition) is 5. The van der Waals surface area contributed by atoms with Crippen molar-refractivity contribution in [1.82, 2.24) is 4.57 Å². The zero-order chi connectivity index (χ0) is 40.2.